The van der Waals surface area contributed by atoms with Gasteiger partial charge in [-0.05, 0) is 55.5 Å². The molecule has 2 aromatic heterocycles. The van der Waals surface area contributed by atoms with Crippen molar-refractivity contribution in [3.05, 3.63) is 71.7 Å². The number of benzene rings is 1. The summed E-state index contributed by atoms with van der Waals surface area (Å²) in [5.74, 6) is 1.77. The standard InChI is InChI=1S/C22H25N5/c1-17-16-21(27-14-5-7-19-6-3-4-8-20(19)27)25-22(24-17)26(2)15-11-18-9-12-23-13-10-18/h3-4,6,8-10,12-13,16H,5,7,11,14-15H2,1-2H3. The Morgan fingerprint density at radius 1 is 1.07 bits per heavy atom. The van der Waals surface area contributed by atoms with Crippen LogP contribution >= 0.6 is 0 Å². The zero-order valence-corrected chi connectivity index (χ0v) is 16.0. The highest BCUT2D eigenvalue weighted by atomic mass is 15.3. The molecule has 1 aliphatic rings. The van der Waals surface area contributed by atoms with Crippen LogP contribution in [0.5, 0.6) is 0 Å². The van der Waals surface area contributed by atoms with Crippen molar-refractivity contribution < 1.29 is 0 Å². The fraction of sp³-hybridized carbons (Fsp3) is 0.318. The Bertz CT molecular complexity index is 910. The molecule has 1 aromatic carbocycles. The maximum absolute atomic E-state index is 4.90. The van der Waals surface area contributed by atoms with Crippen LogP contribution in [-0.2, 0) is 12.8 Å². The molecule has 0 unspecified atom stereocenters. The Labute approximate surface area is 160 Å². The highest BCUT2D eigenvalue weighted by Crippen LogP contribution is 2.33. The lowest BCUT2D eigenvalue weighted by Gasteiger charge is -2.31. The molecule has 0 spiro atoms. The minimum absolute atomic E-state index is 0.780. The van der Waals surface area contributed by atoms with Crippen molar-refractivity contribution in [2.75, 3.05) is 29.9 Å². The van der Waals surface area contributed by atoms with Crippen LogP contribution in [0, 0.1) is 6.92 Å². The quantitative estimate of drug-likeness (QED) is 0.690. The molecule has 5 nitrogen and oxygen atoms in total. The van der Waals surface area contributed by atoms with E-state index in [1.165, 1.54) is 16.8 Å². The van der Waals surface area contributed by atoms with Crippen molar-refractivity contribution in [1.29, 1.82) is 0 Å². The van der Waals surface area contributed by atoms with Gasteiger partial charge in [0.25, 0.3) is 0 Å². The summed E-state index contributed by atoms with van der Waals surface area (Å²) in [6, 6.07) is 14.8. The number of pyridine rings is 1. The van der Waals surface area contributed by atoms with Gasteiger partial charge in [0.15, 0.2) is 0 Å². The molecular weight excluding hydrogens is 334 g/mol. The normalized spacial score (nSPS) is 13.3. The smallest absolute Gasteiger partial charge is 0.227 e. The van der Waals surface area contributed by atoms with Crippen LogP contribution in [0.15, 0.2) is 54.9 Å². The van der Waals surface area contributed by atoms with Gasteiger partial charge in [-0.3, -0.25) is 4.98 Å². The monoisotopic (exact) mass is 359 g/mol. The van der Waals surface area contributed by atoms with Crippen LogP contribution < -0.4 is 9.80 Å². The van der Waals surface area contributed by atoms with Crippen LogP contribution in [-0.4, -0.2) is 35.1 Å². The van der Waals surface area contributed by atoms with E-state index in [9.17, 15) is 0 Å². The molecule has 0 aliphatic carbocycles. The molecule has 4 rings (SSSR count). The number of aryl methyl sites for hydroxylation is 2. The van der Waals surface area contributed by atoms with Gasteiger partial charge in [0.1, 0.15) is 5.82 Å². The number of para-hydroxylation sites is 1. The third-order valence-corrected chi connectivity index (χ3v) is 5.04. The first-order valence-electron chi connectivity index (χ1n) is 9.52. The first-order valence-corrected chi connectivity index (χ1v) is 9.52. The zero-order chi connectivity index (χ0) is 18.6. The second-order valence-electron chi connectivity index (χ2n) is 7.08. The van der Waals surface area contributed by atoms with Crippen LogP contribution in [0.4, 0.5) is 17.5 Å². The molecule has 138 valence electrons. The summed E-state index contributed by atoms with van der Waals surface area (Å²) in [6.07, 6.45) is 6.90. The number of nitrogens with zero attached hydrogens (tertiary/aromatic N) is 5. The molecule has 0 amide bonds. The molecular formula is C22H25N5. The number of rotatable bonds is 5. The second kappa shape index (κ2) is 7.74. The first kappa shape index (κ1) is 17.5. The Morgan fingerprint density at radius 2 is 1.89 bits per heavy atom. The summed E-state index contributed by atoms with van der Waals surface area (Å²) in [6.45, 7) is 3.90. The van der Waals surface area contributed by atoms with E-state index >= 15 is 0 Å². The maximum atomic E-state index is 4.90. The van der Waals surface area contributed by atoms with E-state index in [1.54, 1.807) is 0 Å². The number of likely N-dealkylation sites (N-methyl/N-ethyl adjacent to an activating group) is 1. The number of fused-ring (bicyclic) bond motifs is 1. The van der Waals surface area contributed by atoms with E-state index < -0.39 is 0 Å². The lowest BCUT2D eigenvalue weighted by molar-refractivity contribution is 0.753. The van der Waals surface area contributed by atoms with Gasteiger partial charge >= 0.3 is 0 Å². The lowest BCUT2D eigenvalue weighted by atomic mass is 10.0. The van der Waals surface area contributed by atoms with Gasteiger partial charge in [-0.25, -0.2) is 4.98 Å². The molecule has 0 saturated carbocycles. The van der Waals surface area contributed by atoms with Crippen molar-refractivity contribution in [3.8, 4) is 0 Å². The minimum atomic E-state index is 0.780. The van der Waals surface area contributed by atoms with Gasteiger partial charge < -0.3 is 9.80 Å². The summed E-state index contributed by atoms with van der Waals surface area (Å²) >= 11 is 0. The second-order valence-corrected chi connectivity index (χ2v) is 7.08. The highest BCUT2D eigenvalue weighted by molar-refractivity contribution is 5.66. The molecule has 0 saturated heterocycles. The molecule has 3 heterocycles. The summed E-state index contributed by atoms with van der Waals surface area (Å²) in [5.41, 5.74) is 4.93. The average Bonchev–Trinajstić information content (AvgIpc) is 2.72. The predicted octanol–water partition coefficient (Wildman–Crippen LogP) is 3.94. The average molecular weight is 359 g/mol. The molecule has 3 aromatic rings. The zero-order valence-electron chi connectivity index (χ0n) is 16.0. The van der Waals surface area contributed by atoms with Crippen LogP contribution in [0.3, 0.4) is 0 Å². The summed E-state index contributed by atoms with van der Waals surface area (Å²) < 4.78 is 0. The van der Waals surface area contributed by atoms with Crippen molar-refractivity contribution >= 4 is 17.5 Å². The molecule has 1 aliphatic heterocycles. The number of hydrogen-bond acceptors (Lipinski definition) is 5. The lowest BCUT2D eigenvalue weighted by Crippen LogP contribution is -2.27. The Balaban J connectivity index is 1.57. The third-order valence-electron chi connectivity index (χ3n) is 5.04. The predicted molar refractivity (Wildman–Crippen MR) is 110 cm³/mol. The first-order chi connectivity index (χ1) is 13.2. The number of hydrogen-bond donors (Lipinski definition) is 0. The minimum Gasteiger partial charge on any atom is -0.343 e. The van der Waals surface area contributed by atoms with Crippen molar-refractivity contribution in [3.63, 3.8) is 0 Å². The third kappa shape index (κ3) is 3.92. The van der Waals surface area contributed by atoms with Crippen LogP contribution in [0.1, 0.15) is 23.2 Å². The van der Waals surface area contributed by atoms with Crippen LogP contribution in [0.2, 0.25) is 0 Å². The van der Waals surface area contributed by atoms with Gasteiger partial charge in [-0.15, -0.1) is 0 Å². The largest absolute Gasteiger partial charge is 0.343 e. The highest BCUT2D eigenvalue weighted by Gasteiger charge is 2.20. The Kier molecular flexibility index (Phi) is 5.01. The van der Waals surface area contributed by atoms with Gasteiger partial charge in [0.2, 0.25) is 5.95 Å². The summed E-state index contributed by atoms with van der Waals surface area (Å²) in [5, 5.41) is 0. The van der Waals surface area contributed by atoms with Crippen LogP contribution in [0.25, 0.3) is 0 Å². The number of anilines is 3. The fourth-order valence-electron chi connectivity index (χ4n) is 3.56. The van der Waals surface area contributed by atoms with E-state index in [-0.39, 0.29) is 0 Å². The van der Waals surface area contributed by atoms with E-state index in [2.05, 4.69) is 69.3 Å². The Hall–Kier alpha value is -2.95. The van der Waals surface area contributed by atoms with Crippen molar-refractivity contribution in [1.82, 2.24) is 15.0 Å². The molecule has 27 heavy (non-hydrogen) atoms. The SMILES string of the molecule is Cc1cc(N2CCCc3ccccc32)nc(N(C)CCc2ccncc2)n1. The molecule has 0 radical (unpaired) electrons. The summed E-state index contributed by atoms with van der Waals surface area (Å²) in [7, 11) is 2.06. The van der Waals surface area contributed by atoms with Gasteiger partial charge in [0, 0.05) is 50.0 Å². The number of aromatic nitrogens is 3. The van der Waals surface area contributed by atoms with E-state index in [4.69, 9.17) is 4.98 Å². The van der Waals surface area contributed by atoms with Gasteiger partial charge in [-0.1, -0.05) is 18.2 Å². The van der Waals surface area contributed by atoms with Gasteiger partial charge in [-0.2, -0.15) is 4.98 Å². The topological polar surface area (TPSA) is 45.2 Å². The fourth-order valence-corrected chi connectivity index (χ4v) is 3.56. The van der Waals surface area contributed by atoms with E-state index in [0.29, 0.717) is 0 Å². The molecule has 0 fully saturated rings. The molecule has 0 N–H and O–H groups in total. The summed E-state index contributed by atoms with van der Waals surface area (Å²) in [4.78, 5) is 18.1. The maximum Gasteiger partial charge on any atom is 0.227 e. The van der Waals surface area contributed by atoms with E-state index in [0.717, 1.165) is 49.8 Å². The van der Waals surface area contributed by atoms with Crippen molar-refractivity contribution in [2.24, 2.45) is 0 Å². The molecule has 0 atom stereocenters. The van der Waals surface area contributed by atoms with Crippen molar-refractivity contribution in [2.45, 2.75) is 26.2 Å². The molecule has 0 bridgehead atoms. The molecule has 5 heteroatoms. The Morgan fingerprint density at radius 3 is 2.74 bits per heavy atom. The van der Waals surface area contributed by atoms with E-state index in [1.807, 2.05) is 19.3 Å². The van der Waals surface area contributed by atoms with Gasteiger partial charge in [0.05, 0.1) is 0 Å².